The van der Waals surface area contributed by atoms with E-state index in [0.29, 0.717) is 6.42 Å². The van der Waals surface area contributed by atoms with E-state index in [-0.39, 0.29) is 12.0 Å². The molecule has 5 heteroatoms. The number of benzene rings is 2. The van der Waals surface area contributed by atoms with Crippen molar-refractivity contribution in [2.45, 2.75) is 33.3 Å². The summed E-state index contributed by atoms with van der Waals surface area (Å²) in [5.74, 6) is -0.337. The van der Waals surface area contributed by atoms with E-state index in [0.717, 1.165) is 22.5 Å². The maximum Gasteiger partial charge on any atom is 0.326 e. The molecule has 0 fully saturated rings. The van der Waals surface area contributed by atoms with Crippen LogP contribution in [0.3, 0.4) is 0 Å². The number of nitrogens with zero attached hydrogens (tertiary/aromatic N) is 1. The first-order chi connectivity index (χ1) is 12.1. The second-order valence-electron chi connectivity index (χ2n) is 5.38. The number of hydrogen-bond donors (Lipinski definition) is 1. The lowest BCUT2D eigenvalue weighted by Gasteiger charge is -2.24. The molecule has 132 valence electrons. The molecule has 0 radical (unpaired) electrons. The van der Waals surface area contributed by atoms with E-state index in [4.69, 9.17) is 4.74 Å². The van der Waals surface area contributed by atoms with E-state index in [1.165, 1.54) is 6.92 Å². The molecule has 0 aromatic heterocycles. The van der Waals surface area contributed by atoms with Gasteiger partial charge in [-0.2, -0.15) is 0 Å². The maximum atomic E-state index is 12.5. The van der Waals surface area contributed by atoms with Gasteiger partial charge in [0.15, 0.2) is 0 Å². The van der Waals surface area contributed by atoms with Gasteiger partial charge >= 0.3 is 12.0 Å². The highest BCUT2D eigenvalue weighted by Crippen LogP contribution is 2.41. The minimum atomic E-state index is -0.417. The van der Waals surface area contributed by atoms with Crippen molar-refractivity contribution in [2.75, 3.05) is 11.9 Å². The Kier molecular flexibility index (Phi) is 6.17. The summed E-state index contributed by atoms with van der Waals surface area (Å²) in [5, 5.41) is 2.68. The second kappa shape index (κ2) is 8.33. The highest BCUT2D eigenvalue weighted by molar-refractivity contribution is 6.01. The summed E-state index contributed by atoms with van der Waals surface area (Å²) in [6.07, 6.45) is 0.111. The van der Waals surface area contributed by atoms with Crippen LogP contribution < -0.4 is 10.2 Å². The number of amides is 2. The van der Waals surface area contributed by atoms with E-state index in [2.05, 4.69) is 5.32 Å². The molecule has 0 unspecified atom stereocenters. The summed E-state index contributed by atoms with van der Waals surface area (Å²) in [6, 6.07) is 14.9. The quantitative estimate of drug-likeness (QED) is 0.785. The van der Waals surface area contributed by atoms with Crippen molar-refractivity contribution < 1.29 is 14.3 Å². The fourth-order valence-electron chi connectivity index (χ4n) is 2.94. The molecule has 0 aliphatic carbocycles. The van der Waals surface area contributed by atoms with Crippen LogP contribution >= 0.6 is 0 Å². The van der Waals surface area contributed by atoms with Gasteiger partial charge in [-0.15, -0.1) is 0 Å². The molecule has 1 N–H and O–H groups in total. The first-order valence-corrected chi connectivity index (χ1v) is 8.47. The van der Waals surface area contributed by atoms with E-state index < -0.39 is 6.10 Å². The number of ether oxygens (including phenoxy) is 1. The van der Waals surface area contributed by atoms with Crippen LogP contribution in [0.1, 0.15) is 38.0 Å². The molecule has 0 spiro atoms. The second-order valence-corrected chi connectivity index (χ2v) is 5.38. The Morgan fingerprint density at radius 1 is 1.04 bits per heavy atom. The lowest BCUT2D eigenvalue weighted by molar-refractivity contribution is -0.146. The van der Waals surface area contributed by atoms with Gasteiger partial charge in [-0.05, 0) is 17.7 Å². The van der Waals surface area contributed by atoms with Crippen molar-refractivity contribution in [1.82, 2.24) is 5.32 Å². The van der Waals surface area contributed by atoms with Gasteiger partial charge in [0.2, 0.25) is 0 Å². The van der Waals surface area contributed by atoms with Gasteiger partial charge in [-0.3, -0.25) is 9.69 Å². The molecule has 0 bridgehead atoms. The number of nitrogens with one attached hydrogen (secondary N) is 1. The normalized spacial score (nSPS) is 14.9. The molecular weight excluding hydrogens is 316 g/mol. The highest BCUT2D eigenvalue weighted by atomic mass is 16.5. The molecule has 2 aromatic carbocycles. The molecule has 1 aliphatic heterocycles. The van der Waals surface area contributed by atoms with Gasteiger partial charge < -0.3 is 10.1 Å². The standard InChI is InChI=1S/C18H18N2O3.C2H6/c1-12(21)23-17-11-13-7-3-5-9-15(13)20(18(22)19-2)16-10-6-4-8-14(16)17;1-2/h3-10,17H,11H2,1-2H3,(H,19,22);1-2H3/t17-;/m0./s1. The number of urea groups is 1. The van der Waals surface area contributed by atoms with Crippen LogP contribution in [0.4, 0.5) is 16.2 Å². The fraction of sp³-hybridized carbons (Fsp3) is 0.300. The van der Waals surface area contributed by atoms with Crippen LogP contribution in [0.2, 0.25) is 0 Å². The number of para-hydroxylation sites is 2. The Labute approximate surface area is 148 Å². The molecule has 3 rings (SSSR count). The van der Waals surface area contributed by atoms with Crippen LogP contribution in [-0.2, 0) is 16.0 Å². The number of hydrogen-bond acceptors (Lipinski definition) is 3. The van der Waals surface area contributed by atoms with E-state index in [1.54, 1.807) is 11.9 Å². The summed E-state index contributed by atoms with van der Waals surface area (Å²) in [4.78, 5) is 25.6. The average Bonchev–Trinajstić information content (AvgIpc) is 2.77. The third-order valence-electron chi connectivity index (χ3n) is 3.89. The van der Waals surface area contributed by atoms with Crippen LogP contribution in [0.15, 0.2) is 48.5 Å². The topological polar surface area (TPSA) is 58.6 Å². The van der Waals surface area contributed by atoms with Crippen molar-refractivity contribution in [1.29, 1.82) is 0 Å². The van der Waals surface area contributed by atoms with Gasteiger partial charge in [0, 0.05) is 26.0 Å². The average molecular weight is 340 g/mol. The number of fused-ring (bicyclic) bond motifs is 2. The summed E-state index contributed by atoms with van der Waals surface area (Å²) in [6.45, 7) is 5.40. The monoisotopic (exact) mass is 340 g/mol. The van der Waals surface area contributed by atoms with Crippen LogP contribution in [-0.4, -0.2) is 19.0 Å². The van der Waals surface area contributed by atoms with Crippen LogP contribution in [0.25, 0.3) is 0 Å². The van der Waals surface area contributed by atoms with E-state index in [9.17, 15) is 9.59 Å². The van der Waals surface area contributed by atoms with Crippen molar-refractivity contribution in [3.63, 3.8) is 0 Å². The molecule has 0 saturated heterocycles. The minimum absolute atomic E-state index is 0.228. The summed E-state index contributed by atoms with van der Waals surface area (Å²) in [7, 11) is 1.60. The van der Waals surface area contributed by atoms with Crippen LogP contribution in [0, 0.1) is 0 Å². The van der Waals surface area contributed by atoms with Gasteiger partial charge in [0.05, 0.1) is 11.4 Å². The Morgan fingerprint density at radius 2 is 1.64 bits per heavy atom. The van der Waals surface area contributed by atoms with Crippen molar-refractivity contribution in [3.05, 3.63) is 59.7 Å². The minimum Gasteiger partial charge on any atom is -0.457 e. The Hall–Kier alpha value is -2.82. The zero-order valence-electron chi connectivity index (χ0n) is 15.1. The van der Waals surface area contributed by atoms with E-state index in [1.807, 2.05) is 62.4 Å². The smallest absolute Gasteiger partial charge is 0.326 e. The molecule has 1 heterocycles. The molecule has 25 heavy (non-hydrogen) atoms. The summed E-state index contributed by atoms with van der Waals surface area (Å²) >= 11 is 0. The van der Waals surface area contributed by atoms with Crippen LogP contribution in [0.5, 0.6) is 0 Å². The van der Waals surface area contributed by atoms with Crippen molar-refractivity contribution in [2.24, 2.45) is 0 Å². The fourth-order valence-corrected chi connectivity index (χ4v) is 2.94. The Balaban J connectivity index is 0.00000109. The molecule has 0 saturated carbocycles. The highest BCUT2D eigenvalue weighted by Gasteiger charge is 2.31. The number of anilines is 2. The van der Waals surface area contributed by atoms with Crippen molar-refractivity contribution >= 4 is 23.4 Å². The molecule has 2 aromatic rings. The first kappa shape index (κ1) is 18.5. The lowest BCUT2D eigenvalue weighted by Crippen LogP contribution is -2.35. The van der Waals surface area contributed by atoms with Gasteiger partial charge in [0.25, 0.3) is 0 Å². The van der Waals surface area contributed by atoms with Gasteiger partial charge in [-0.25, -0.2) is 4.79 Å². The van der Waals surface area contributed by atoms with E-state index >= 15 is 0 Å². The Morgan fingerprint density at radius 3 is 2.28 bits per heavy atom. The third kappa shape index (κ3) is 3.82. The largest absolute Gasteiger partial charge is 0.457 e. The SMILES string of the molecule is CC.CNC(=O)N1c2ccccc2C[C@H](OC(C)=O)c2ccccc21. The van der Waals surface area contributed by atoms with Gasteiger partial charge in [0.1, 0.15) is 6.10 Å². The number of carbonyl (C=O) groups is 2. The third-order valence-corrected chi connectivity index (χ3v) is 3.89. The summed E-state index contributed by atoms with van der Waals surface area (Å²) < 4.78 is 5.52. The molecule has 1 aliphatic rings. The predicted molar refractivity (Wildman–Crippen MR) is 99.0 cm³/mol. The van der Waals surface area contributed by atoms with Crippen molar-refractivity contribution in [3.8, 4) is 0 Å². The first-order valence-electron chi connectivity index (χ1n) is 8.47. The molecule has 1 atom stereocenters. The molecule has 2 amide bonds. The van der Waals surface area contributed by atoms with Gasteiger partial charge in [-0.1, -0.05) is 50.2 Å². The zero-order valence-corrected chi connectivity index (χ0v) is 15.1. The maximum absolute atomic E-state index is 12.5. The number of rotatable bonds is 1. The summed E-state index contributed by atoms with van der Waals surface area (Å²) in [5.41, 5.74) is 3.30. The number of carbonyl (C=O) groups excluding carboxylic acids is 2. The molecule has 5 nitrogen and oxygen atoms in total. The predicted octanol–water partition coefficient (Wildman–Crippen LogP) is 4.35. The Bertz CT molecular complexity index is 758. The zero-order chi connectivity index (χ0) is 18.4. The lowest BCUT2D eigenvalue weighted by atomic mass is 10.0. The number of esters is 1. The molecular formula is C20H24N2O3.